The molecule has 0 unspecified atom stereocenters. The second-order valence-electron chi connectivity index (χ2n) is 5.18. The van der Waals surface area contributed by atoms with Gasteiger partial charge in [-0.3, -0.25) is 9.59 Å². The molecule has 0 aromatic carbocycles. The molecule has 1 aliphatic carbocycles. The smallest absolute Gasteiger partial charge is 0.225 e. The summed E-state index contributed by atoms with van der Waals surface area (Å²) < 4.78 is 0. The zero-order chi connectivity index (χ0) is 12.3. The molecule has 0 aromatic rings. The lowest BCUT2D eigenvalue weighted by molar-refractivity contribution is -0.130. The van der Waals surface area contributed by atoms with E-state index in [1.54, 1.807) is 0 Å². The molecule has 17 heavy (non-hydrogen) atoms. The molecule has 1 saturated heterocycles. The fourth-order valence-electron chi connectivity index (χ4n) is 2.87. The number of likely N-dealkylation sites (tertiary alicyclic amines) is 1. The van der Waals surface area contributed by atoms with E-state index in [-0.39, 0.29) is 17.7 Å². The Labute approximate surface area is 103 Å². The molecule has 1 atom stereocenters. The highest BCUT2D eigenvalue weighted by atomic mass is 16.2. The molecule has 4 heteroatoms. The summed E-state index contributed by atoms with van der Waals surface area (Å²) in [5, 5.41) is 2.89. The summed E-state index contributed by atoms with van der Waals surface area (Å²) in [5.41, 5.74) is 0. The van der Waals surface area contributed by atoms with Crippen molar-refractivity contribution in [1.29, 1.82) is 0 Å². The van der Waals surface area contributed by atoms with Gasteiger partial charge in [-0.25, -0.2) is 0 Å². The molecule has 1 saturated carbocycles. The standard InChI is InChI=1S/C13H22N2O2/c1-2-7-14-13(17)10-8-12(16)15(9-10)11-5-3-4-6-11/h10-11H,2-9H2,1H3,(H,14,17)/t10-/m1/s1. The lowest BCUT2D eigenvalue weighted by Crippen LogP contribution is -2.37. The van der Waals surface area contributed by atoms with E-state index in [4.69, 9.17) is 0 Å². The van der Waals surface area contributed by atoms with E-state index in [1.165, 1.54) is 12.8 Å². The number of carbonyl (C=O) groups is 2. The third-order valence-electron chi connectivity index (χ3n) is 3.84. The van der Waals surface area contributed by atoms with Crippen molar-refractivity contribution in [2.24, 2.45) is 5.92 Å². The van der Waals surface area contributed by atoms with Crippen molar-refractivity contribution < 1.29 is 9.59 Å². The van der Waals surface area contributed by atoms with Crippen LogP contribution in [0.3, 0.4) is 0 Å². The predicted molar refractivity (Wildman–Crippen MR) is 65.4 cm³/mol. The Balaban J connectivity index is 1.87. The molecule has 1 heterocycles. The van der Waals surface area contributed by atoms with Crippen LogP contribution in [0.5, 0.6) is 0 Å². The van der Waals surface area contributed by atoms with Crippen LogP contribution >= 0.6 is 0 Å². The molecule has 96 valence electrons. The van der Waals surface area contributed by atoms with Crippen LogP contribution in [0.25, 0.3) is 0 Å². The fraction of sp³-hybridized carbons (Fsp3) is 0.846. The van der Waals surface area contributed by atoms with E-state index in [0.717, 1.165) is 19.3 Å². The van der Waals surface area contributed by atoms with E-state index in [2.05, 4.69) is 5.32 Å². The minimum absolute atomic E-state index is 0.0562. The molecule has 0 spiro atoms. The van der Waals surface area contributed by atoms with Crippen molar-refractivity contribution in [3.05, 3.63) is 0 Å². The van der Waals surface area contributed by atoms with Crippen LogP contribution in [0.2, 0.25) is 0 Å². The lowest BCUT2D eigenvalue weighted by atomic mass is 10.1. The lowest BCUT2D eigenvalue weighted by Gasteiger charge is -2.23. The Bertz CT molecular complexity index is 298. The van der Waals surface area contributed by atoms with E-state index in [9.17, 15) is 9.59 Å². The summed E-state index contributed by atoms with van der Waals surface area (Å²) in [6.45, 7) is 3.39. The summed E-state index contributed by atoms with van der Waals surface area (Å²) in [5.74, 6) is 0.115. The molecule has 0 radical (unpaired) electrons. The first kappa shape index (κ1) is 12.4. The van der Waals surface area contributed by atoms with Gasteiger partial charge in [0.05, 0.1) is 5.92 Å². The van der Waals surface area contributed by atoms with E-state index >= 15 is 0 Å². The highest BCUT2D eigenvalue weighted by Crippen LogP contribution is 2.29. The molecule has 2 fully saturated rings. The van der Waals surface area contributed by atoms with Crippen molar-refractivity contribution in [1.82, 2.24) is 10.2 Å². The average molecular weight is 238 g/mol. The summed E-state index contributed by atoms with van der Waals surface area (Å²) in [7, 11) is 0. The average Bonchev–Trinajstić information content (AvgIpc) is 2.94. The Hall–Kier alpha value is -1.06. The van der Waals surface area contributed by atoms with Crippen LogP contribution < -0.4 is 5.32 Å². The number of amides is 2. The second kappa shape index (κ2) is 5.52. The molecule has 0 bridgehead atoms. The summed E-state index contributed by atoms with van der Waals surface area (Å²) >= 11 is 0. The van der Waals surface area contributed by atoms with Crippen molar-refractivity contribution in [2.75, 3.05) is 13.1 Å². The molecular formula is C13H22N2O2. The van der Waals surface area contributed by atoms with Gasteiger partial charge in [-0.05, 0) is 19.3 Å². The molecule has 2 rings (SSSR count). The zero-order valence-electron chi connectivity index (χ0n) is 10.6. The minimum Gasteiger partial charge on any atom is -0.356 e. The topological polar surface area (TPSA) is 49.4 Å². The van der Waals surface area contributed by atoms with Crippen molar-refractivity contribution in [3.63, 3.8) is 0 Å². The van der Waals surface area contributed by atoms with Crippen molar-refractivity contribution in [3.8, 4) is 0 Å². The van der Waals surface area contributed by atoms with Gasteiger partial charge in [0.15, 0.2) is 0 Å². The normalized spacial score (nSPS) is 25.6. The number of nitrogens with one attached hydrogen (secondary N) is 1. The van der Waals surface area contributed by atoms with Crippen LogP contribution in [0.1, 0.15) is 45.4 Å². The number of nitrogens with zero attached hydrogens (tertiary/aromatic N) is 1. The molecule has 2 amide bonds. The van der Waals surface area contributed by atoms with E-state index in [1.807, 2.05) is 11.8 Å². The van der Waals surface area contributed by atoms with Crippen LogP contribution in [0.4, 0.5) is 0 Å². The second-order valence-corrected chi connectivity index (χ2v) is 5.18. The van der Waals surface area contributed by atoms with Crippen LogP contribution in [0.15, 0.2) is 0 Å². The molecule has 2 aliphatic rings. The molecular weight excluding hydrogens is 216 g/mol. The number of hydrogen-bond acceptors (Lipinski definition) is 2. The third-order valence-corrected chi connectivity index (χ3v) is 3.84. The summed E-state index contributed by atoms with van der Waals surface area (Å²) in [4.78, 5) is 25.7. The highest BCUT2D eigenvalue weighted by molar-refractivity contribution is 5.89. The minimum atomic E-state index is -0.116. The van der Waals surface area contributed by atoms with Gasteiger partial charge < -0.3 is 10.2 Å². The van der Waals surface area contributed by atoms with Gasteiger partial charge in [0.1, 0.15) is 0 Å². The zero-order valence-corrected chi connectivity index (χ0v) is 10.6. The number of hydrogen-bond donors (Lipinski definition) is 1. The van der Waals surface area contributed by atoms with E-state index in [0.29, 0.717) is 25.6 Å². The largest absolute Gasteiger partial charge is 0.356 e. The Morgan fingerprint density at radius 2 is 2.12 bits per heavy atom. The first-order valence-corrected chi connectivity index (χ1v) is 6.79. The summed E-state index contributed by atoms with van der Waals surface area (Å²) in [6.07, 6.45) is 6.04. The molecule has 4 nitrogen and oxygen atoms in total. The van der Waals surface area contributed by atoms with Gasteiger partial charge in [-0.15, -0.1) is 0 Å². The number of rotatable bonds is 4. The Morgan fingerprint density at radius 1 is 1.41 bits per heavy atom. The van der Waals surface area contributed by atoms with Gasteiger partial charge in [-0.2, -0.15) is 0 Å². The first-order valence-electron chi connectivity index (χ1n) is 6.79. The summed E-state index contributed by atoms with van der Waals surface area (Å²) in [6, 6.07) is 0.409. The van der Waals surface area contributed by atoms with Gasteiger partial charge in [-0.1, -0.05) is 19.8 Å². The molecule has 1 aliphatic heterocycles. The van der Waals surface area contributed by atoms with Crippen molar-refractivity contribution >= 4 is 11.8 Å². The quantitative estimate of drug-likeness (QED) is 0.802. The number of carbonyl (C=O) groups excluding carboxylic acids is 2. The fourth-order valence-corrected chi connectivity index (χ4v) is 2.87. The van der Waals surface area contributed by atoms with E-state index < -0.39 is 0 Å². The maximum Gasteiger partial charge on any atom is 0.225 e. The molecule has 1 N–H and O–H groups in total. The van der Waals surface area contributed by atoms with Crippen molar-refractivity contribution in [2.45, 2.75) is 51.5 Å². The maximum absolute atomic E-state index is 11.9. The SMILES string of the molecule is CCCNC(=O)[C@@H]1CC(=O)N(C2CCCC2)C1. The van der Waals surface area contributed by atoms with Crippen LogP contribution in [-0.4, -0.2) is 35.8 Å². The van der Waals surface area contributed by atoms with Gasteiger partial charge >= 0.3 is 0 Å². The Morgan fingerprint density at radius 3 is 2.76 bits per heavy atom. The predicted octanol–water partition coefficient (Wildman–Crippen LogP) is 1.30. The van der Waals surface area contributed by atoms with Gasteiger partial charge in [0.25, 0.3) is 0 Å². The first-order chi connectivity index (χ1) is 8.22. The van der Waals surface area contributed by atoms with Gasteiger partial charge in [0, 0.05) is 25.6 Å². The highest BCUT2D eigenvalue weighted by Gasteiger charge is 2.38. The van der Waals surface area contributed by atoms with Crippen LogP contribution in [-0.2, 0) is 9.59 Å². The van der Waals surface area contributed by atoms with Gasteiger partial charge in [0.2, 0.25) is 11.8 Å². The third kappa shape index (κ3) is 2.79. The van der Waals surface area contributed by atoms with Crippen LogP contribution in [0, 0.1) is 5.92 Å². The maximum atomic E-state index is 11.9. The molecule has 0 aromatic heterocycles. The monoisotopic (exact) mass is 238 g/mol. The Kier molecular flexibility index (Phi) is 4.02.